The van der Waals surface area contributed by atoms with Crippen LogP contribution in [-0.2, 0) is 13.1 Å². The Bertz CT molecular complexity index is 1060. The summed E-state index contributed by atoms with van der Waals surface area (Å²) in [5, 5.41) is 4.27. The summed E-state index contributed by atoms with van der Waals surface area (Å²) >= 11 is 0. The second-order valence-electron chi connectivity index (χ2n) is 6.59. The highest BCUT2D eigenvalue weighted by Gasteiger charge is 2.20. The van der Waals surface area contributed by atoms with E-state index in [1.54, 1.807) is 41.8 Å². The summed E-state index contributed by atoms with van der Waals surface area (Å²) in [6.45, 7) is 3.83. The van der Waals surface area contributed by atoms with E-state index < -0.39 is 0 Å². The third-order valence-corrected chi connectivity index (χ3v) is 4.70. The second kappa shape index (κ2) is 7.99. The Morgan fingerprint density at radius 1 is 1.11 bits per heavy atom. The van der Waals surface area contributed by atoms with Crippen molar-refractivity contribution in [2.75, 3.05) is 6.54 Å². The fraction of sp³-hybridized carbons (Fsp3) is 0.250. The highest BCUT2D eigenvalue weighted by Crippen LogP contribution is 2.15. The zero-order valence-electron chi connectivity index (χ0n) is 15.6. The molecule has 0 spiro atoms. The van der Waals surface area contributed by atoms with Gasteiger partial charge in [0.05, 0.1) is 23.8 Å². The Balaban J connectivity index is 1.56. The molecule has 28 heavy (non-hydrogen) atoms. The molecule has 1 amide bonds. The SMILES string of the molecule is Cc1c(C(=O)N(CCCn2ccnc2)Cc2ccncc2)cnc2ccnn12. The van der Waals surface area contributed by atoms with Crippen LogP contribution in [0.25, 0.3) is 5.65 Å². The van der Waals surface area contributed by atoms with Gasteiger partial charge in [0.25, 0.3) is 5.91 Å². The minimum absolute atomic E-state index is 0.0511. The molecule has 0 atom stereocenters. The zero-order chi connectivity index (χ0) is 19.3. The molecule has 8 nitrogen and oxygen atoms in total. The van der Waals surface area contributed by atoms with Crippen LogP contribution in [0.3, 0.4) is 0 Å². The Morgan fingerprint density at radius 2 is 1.96 bits per heavy atom. The third kappa shape index (κ3) is 3.75. The molecule has 0 aromatic carbocycles. The molecule has 0 N–H and O–H groups in total. The van der Waals surface area contributed by atoms with Gasteiger partial charge >= 0.3 is 0 Å². The Kier molecular flexibility index (Phi) is 5.09. The normalized spacial score (nSPS) is 11.0. The van der Waals surface area contributed by atoms with Crippen molar-refractivity contribution >= 4 is 11.6 Å². The standard InChI is InChI=1S/C20H21N7O/c1-16-18(13-23-19-5-8-24-27(16)19)20(28)26(14-17-3-6-21-7-4-17)11-2-10-25-12-9-22-15-25/h3-9,12-13,15H,2,10-11,14H2,1H3. The molecule has 0 radical (unpaired) electrons. The largest absolute Gasteiger partial charge is 0.337 e. The molecule has 4 aromatic heterocycles. The molecule has 4 rings (SSSR count). The van der Waals surface area contributed by atoms with Crippen LogP contribution in [0.4, 0.5) is 0 Å². The highest BCUT2D eigenvalue weighted by molar-refractivity contribution is 5.95. The molecule has 0 bridgehead atoms. The number of rotatable bonds is 7. The van der Waals surface area contributed by atoms with Gasteiger partial charge < -0.3 is 9.47 Å². The molecule has 0 saturated carbocycles. The first-order chi connectivity index (χ1) is 13.7. The summed E-state index contributed by atoms with van der Waals surface area (Å²) in [6.07, 6.45) is 13.1. The lowest BCUT2D eigenvalue weighted by Crippen LogP contribution is -2.33. The van der Waals surface area contributed by atoms with Gasteiger partial charge in [-0.25, -0.2) is 14.5 Å². The van der Waals surface area contributed by atoms with Gasteiger partial charge in [0.2, 0.25) is 0 Å². The smallest absolute Gasteiger partial charge is 0.257 e. The first kappa shape index (κ1) is 17.8. The van der Waals surface area contributed by atoms with Crippen molar-refractivity contribution in [3.63, 3.8) is 0 Å². The van der Waals surface area contributed by atoms with Gasteiger partial charge in [-0.15, -0.1) is 0 Å². The number of aryl methyl sites for hydroxylation is 2. The molecule has 4 heterocycles. The molecule has 0 fully saturated rings. The Morgan fingerprint density at radius 3 is 2.75 bits per heavy atom. The van der Waals surface area contributed by atoms with Crippen molar-refractivity contribution in [3.8, 4) is 0 Å². The van der Waals surface area contributed by atoms with Gasteiger partial charge in [0.15, 0.2) is 5.65 Å². The molecule has 0 unspecified atom stereocenters. The number of amides is 1. The number of imidazole rings is 1. The lowest BCUT2D eigenvalue weighted by Gasteiger charge is -2.24. The zero-order valence-corrected chi connectivity index (χ0v) is 15.6. The molecule has 4 aromatic rings. The summed E-state index contributed by atoms with van der Waals surface area (Å²) in [7, 11) is 0. The van der Waals surface area contributed by atoms with E-state index >= 15 is 0 Å². The number of fused-ring (bicyclic) bond motifs is 1. The van der Waals surface area contributed by atoms with E-state index in [0.29, 0.717) is 18.7 Å². The van der Waals surface area contributed by atoms with Gasteiger partial charge in [0.1, 0.15) is 0 Å². The van der Waals surface area contributed by atoms with E-state index in [1.165, 1.54) is 0 Å². The van der Waals surface area contributed by atoms with E-state index in [1.807, 2.05) is 40.8 Å². The minimum Gasteiger partial charge on any atom is -0.337 e. The quantitative estimate of drug-likeness (QED) is 0.495. The summed E-state index contributed by atoms with van der Waals surface area (Å²) in [5.41, 5.74) is 3.12. The topological polar surface area (TPSA) is 81.2 Å². The van der Waals surface area contributed by atoms with Crippen LogP contribution in [0.1, 0.15) is 28.0 Å². The number of nitrogens with zero attached hydrogens (tertiary/aromatic N) is 7. The average molecular weight is 375 g/mol. The average Bonchev–Trinajstić information content (AvgIpc) is 3.40. The number of carbonyl (C=O) groups is 1. The summed E-state index contributed by atoms with van der Waals surface area (Å²) < 4.78 is 3.71. The maximum absolute atomic E-state index is 13.3. The lowest BCUT2D eigenvalue weighted by molar-refractivity contribution is 0.0737. The van der Waals surface area contributed by atoms with E-state index in [9.17, 15) is 4.79 Å². The van der Waals surface area contributed by atoms with Crippen LogP contribution < -0.4 is 0 Å². The molecule has 8 heteroatoms. The van der Waals surface area contributed by atoms with Gasteiger partial charge in [-0.2, -0.15) is 5.10 Å². The first-order valence-electron chi connectivity index (χ1n) is 9.15. The first-order valence-corrected chi connectivity index (χ1v) is 9.15. The van der Waals surface area contributed by atoms with Crippen LogP contribution in [0.15, 0.2) is 61.7 Å². The molecule has 0 aliphatic heterocycles. The molecular formula is C20H21N7O. The minimum atomic E-state index is -0.0511. The van der Waals surface area contributed by atoms with Crippen molar-refractivity contribution in [1.29, 1.82) is 0 Å². The van der Waals surface area contributed by atoms with Crippen molar-refractivity contribution in [1.82, 2.24) is 34.0 Å². The maximum atomic E-state index is 13.3. The van der Waals surface area contributed by atoms with Gasteiger partial charge in [0, 0.05) is 56.7 Å². The van der Waals surface area contributed by atoms with Crippen molar-refractivity contribution < 1.29 is 4.79 Å². The third-order valence-electron chi connectivity index (χ3n) is 4.70. The Hall–Kier alpha value is -3.55. The number of aromatic nitrogens is 6. The van der Waals surface area contributed by atoms with E-state index in [-0.39, 0.29) is 5.91 Å². The fourth-order valence-corrected chi connectivity index (χ4v) is 3.20. The van der Waals surface area contributed by atoms with Gasteiger partial charge in [-0.05, 0) is 31.0 Å². The summed E-state index contributed by atoms with van der Waals surface area (Å²) in [4.78, 5) is 27.7. The monoisotopic (exact) mass is 375 g/mol. The predicted octanol–water partition coefficient (Wildman–Crippen LogP) is 2.36. The molecule has 0 aliphatic rings. The summed E-state index contributed by atoms with van der Waals surface area (Å²) in [6, 6.07) is 5.68. The number of pyridine rings is 1. The fourth-order valence-electron chi connectivity index (χ4n) is 3.20. The molecule has 142 valence electrons. The van der Waals surface area contributed by atoms with Crippen LogP contribution >= 0.6 is 0 Å². The van der Waals surface area contributed by atoms with E-state index in [0.717, 1.165) is 29.9 Å². The molecular weight excluding hydrogens is 354 g/mol. The van der Waals surface area contributed by atoms with Crippen LogP contribution in [0, 0.1) is 6.92 Å². The van der Waals surface area contributed by atoms with Crippen LogP contribution in [-0.4, -0.2) is 46.5 Å². The van der Waals surface area contributed by atoms with E-state index in [4.69, 9.17) is 0 Å². The lowest BCUT2D eigenvalue weighted by atomic mass is 10.1. The molecule has 0 aliphatic carbocycles. The molecule has 0 saturated heterocycles. The van der Waals surface area contributed by atoms with Crippen molar-refractivity contribution in [2.45, 2.75) is 26.4 Å². The maximum Gasteiger partial charge on any atom is 0.257 e. The van der Waals surface area contributed by atoms with Crippen LogP contribution in [0.2, 0.25) is 0 Å². The van der Waals surface area contributed by atoms with Gasteiger partial charge in [-0.3, -0.25) is 9.78 Å². The predicted molar refractivity (Wildman–Crippen MR) is 104 cm³/mol. The van der Waals surface area contributed by atoms with Gasteiger partial charge in [-0.1, -0.05) is 0 Å². The highest BCUT2D eigenvalue weighted by atomic mass is 16.2. The number of hydrogen-bond acceptors (Lipinski definition) is 5. The van der Waals surface area contributed by atoms with E-state index in [2.05, 4.69) is 20.1 Å². The second-order valence-corrected chi connectivity index (χ2v) is 6.59. The number of carbonyl (C=O) groups excluding carboxylic acids is 1. The van der Waals surface area contributed by atoms with Crippen molar-refractivity contribution in [2.24, 2.45) is 0 Å². The van der Waals surface area contributed by atoms with Crippen LogP contribution in [0.5, 0.6) is 0 Å². The summed E-state index contributed by atoms with van der Waals surface area (Å²) in [5.74, 6) is -0.0511. The number of hydrogen-bond donors (Lipinski definition) is 0. The van der Waals surface area contributed by atoms with Crippen molar-refractivity contribution in [3.05, 3.63) is 78.5 Å². The Labute approximate surface area is 162 Å².